The number of hydrogen-bond donors (Lipinski definition) is 2. The van der Waals surface area contributed by atoms with Gasteiger partial charge in [-0.2, -0.15) is 13.9 Å². The number of aryl methyl sites for hydroxylation is 1. The summed E-state index contributed by atoms with van der Waals surface area (Å²) < 4.78 is 64.3. The molecule has 0 fully saturated rings. The fourth-order valence-corrected chi connectivity index (χ4v) is 4.67. The van der Waals surface area contributed by atoms with E-state index in [1.54, 1.807) is 20.8 Å². The summed E-state index contributed by atoms with van der Waals surface area (Å²) >= 11 is 0. The third-order valence-electron chi connectivity index (χ3n) is 4.39. The highest BCUT2D eigenvalue weighted by molar-refractivity contribution is 7.92. The summed E-state index contributed by atoms with van der Waals surface area (Å²) in [5.74, 6) is -1.51. The number of hydrogen-bond acceptors (Lipinski definition) is 7. The monoisotopic (exact) mass is 488 g/mol. The van der Waals surface area contributed by atoms with Crippen LogP contribution in [0.15, 0.2) is 29.3 Å². The van der Waals surface area contributed by atoms with Gasteiger partial charge in [0.15, 0.2) is 0 Å². The highest BCUT2D eigenvalue weighted by atomic mass is 32.2. The summed E-state index contributed by atoms with van der Waals surface area (Å²) in [5.41, 5.74) is -0.933. The van der Waals surface area contributed by atoms with E-state index in [0.717, 1.165) is 4.31 Å². The SMILES string of the molecule is Cc1nn(C(F)F)cc1S(=O)(=O)N1CC(C(=O)O)Oc2ccc(NC(=O)OC(C)(C)C)cc21. The molecule has 3 rings (SSSR count). The lowest BCUT2D eigenvalue weighted by Gasteiger charge is -2.33. The van der Waals surface area contributed by atoms with Gasteiger partial charge >= 0.3 is 18.6 Å². The van der Waals surface area contributed by atoms with Crippen molar-refractivity contribution < 1.29 is 41.4 Å². The normalized spacial score (nSPS) is 16.2. The Balaban J connectivity index is 2.05. The van der Waals surface area contributed by atoms with Crippen LogP contribution in [0.3, 0.4) is 0 Å². The fraction of sp³-hybridized carbons (Fsp3) is 0.421. The van der Waals surface area contributed by atoms with Crippen LogP contribution >= 0.6 is 0 Å². The first-order valence-corrected chi connectivity index (χ1v) is 11.0. The number of amides is 1. The van der Waals surface area contributed by atoms with E-state index in [1.807, 2.05) is 0 Å². The maximum absolute atomic E-state index is 13.4. The number of carboxylic acids is 1. The van der Waals surface area contributed by atoms with Crippen LogP contribution in [0.25, 0.3) is 0 Å². The molecule has 1 atom stereocenters. The van der Waals surface area contributed by atoms with Crippen molar-refractivity contribution in [3.63, 3.8) is 0 Å². The number of aliphatic carboxylic acids is 1. The molecule has 11 nitrogen and oxygen atoms in total. The number of rotatable bonds is 5. The smallest absolute Gasteiger partial charge is 0.412 e. The second kappa shape index (κ2) is 8.50. The van der Waals surface area contributed by atoms with Crippen LogP contribution in [0.5, 0.6) is 5.75 Å². The van der Waals surface area contributed by atoms with Crippen LogP contribution in [0.2, 0.25) is 0 Å². The Morgan fingerprint density at radius 2 is 2.00 bits per heavy atom. The molecule has 2 heterocycles. The molecular formula is C19H22F2N4O7S. The van der Waals surface area contributed by atoms with Crippen LogP contribution in [0.4, 0.5) is 25.0 Å². The van der Waals surface area contributed by atoms with Gasteiger partial charge in [-0.3, -0.25) is 9.62 Å². The summed E-state index contributed by atoms with van der Waals surface area (Å²) in [6.07, 6.45) is -1.68. The number of nitrogens with one attached hydrogen (secondary N) is 1. The molecule has 180 valence electrons. The molecule has 2 N–H and O–H groups in total. The summed E-state index contributed by atoms with van der Waals surface area (Å²) in [5, 5.41) is 15.4. The minimum Gasteiger partial charge on any atom is -0.478 e. The van der Waals surface area contributed by atoms with Crippen LogP contribution in [-0.4, -0.2) is 53.6 Å². The van der Waals surface area contributed by atoms with Gasteiger partial charge in [-0.05, 0) is 45.9 Å². The van der Waals surface area contributed by atoms with Crippen molar-refractivity contribution in [2.75, 3.05) is 16.2 Å². The zero-order valence-corrected chi connectivity index (χ0v) is 18.9. The topological polar surface area (TPSA) is 140 Å². The third-order valence-corrected chi connectivity index (χ3v) is 6.27. The quantitative estimate of drug-likeness (QED) is 0.655. The minimum absolute atomic E-state index is 0.0918. The van der Waals surface area contributed by atoms with Crippen molar-refractivity contribution in [3.8, 4) is 5.75 Å². The minimum atomic E-state index is -4.53. The van der Waals surface area contributed by atoms with E-state index in [4.69, 9.17) is 9.47 Å². The molecule has 1 aliphatic heterocycles. The number of nitrogens with zero attached hydrogens (tertiary/aromatic N) is 3. The molecule has 1 aromatic carbocycles. The van der Waals surface area contributed by atoms with Crippen molar-refractivity contribution in [3.05, 3.63) is 30.1 Å². The van der Waals surface area contributed by atoms with Crippen molar-refractivity contribution in [2.45, 2.75) is 50.8 Å². The van der Waals surface area contributed by atoms with E-state index in [-0.39, 0.29) is 27.5 Å². The Kier molecular flexibility index (Phi) is 6.24. The van der Waals surface area contributed by atoms with Crippen LogP contribution in [0.1, 0.15) is 33.0 Å². The average molecular weight is 488 g/mol. The lowest BCUT2D eigenvalue weighted by atomic mass is 10.2. The molecule has 1 aliphatic rings. The highest BCUT2D eigenvalue weighted by Crippen LogP contribution is 2.39. The molecule has 1 aromatic heterocycles. The number of alkyl halides is 2. The summed E-state index contributed by atoms with van der Waals surface area (Å²) in [6.45, 7) is 2.52. The molecule has 0 radical (unpaired) electrons. The van der Waals surface area contributed by atoms with Gasteiger partial charge in [0, 0.05) is 5.69 Å². The summed E-state index contributed by atoms with van der Waals surface area (Å²) in [4.78, 5) is 23.1. The van der Waals surface area contributed by atoms with Crippen LogP contribution < -0.4 is 14.4 Å². The second-order valence-electron chi connectivity index (χ2n) is 8.13. The Labute approximate surface area is 187 Å². The van der Waals surface area contributed by atoms with Crippen molar-refractivity contribution in [1.29, 1.82) is 0 Å². The van der Waals surface area contributed by atoms with Gasteiger partial charge in [0.1, 0.15) is 16.2 Å². The Hall–Kier alpha value is -3.42. The van der Waals surface area contributed by atoms with Crippen molar-refractivity contribution >= 4 is 33.5 Å². The zero-order valence-electron chi connectivity index (χ0n) is 18.1. The van der Waals surface area contributed by atoms with Crippen LogP contribution in [-0.2, 0) is 19.6 Å². The van der Waals surface area contributed by atoms with Gasteiger partial charge in [-0.1, -0.05) is 0 Å². The number of fused-ring (bicyclic) bond motifs is 1. The molecule has 33 heavy (non-hydrogen) atoms. The number of halogens is 2. The Morgan fingerprint density at radius 3 is 2.55 bits per heavy atom. The Morgan fingerprint density at radius 1 is 1.33 bits per heavy atom. The molecule has 0 spiro atoms. The number of carbonyl (C=O) groups is 2. The maximum atomic E-state index is 13.4. The van der Waals surface area contributed by atoms with Gasteiger partial charge in [0.25, 0.3) is 10.0 Å². The molecule has 0 saturated heterocycles. The number of ether oxygens (including phenoxy) is 2. The molecule has 0 saturated carbocycles. The lowest BCUT2D eigenvalue weighted by Crippen LogP contribution is -2.47. The number of benzene rings is 1. The first-order valence-electron chi connectivity index (χ1n) is 9.59. The first-order chi connectivity index (χ1) is 15.2. The first kappa shape index (κ1) is 24.2. The zero-order chi connectivity index (χ0) is 24.7. The van der Waals surface area contributed by atoms with E-state index in [2.05, 4.69) is 10.4 Å². The number of aromatic nitrogens is 2. The summed E-state index contributed by atoms with van der Waals surface area (Å²) in [6, 6.07) is 3.91. The van der Waals surface area contributed by atoms with E-state index in [1.165, 1.54) is 25.1 Å². The highest BCUT2D eigenvalue weighted by Gasteiger charge is 2.39. The maximum Gasteiger partial charge on any atom is 0.412 e. The van der Waals surface area contributed by atoms with E-state index < -0.39 is 51.8 Å². The molecule has 0 bridgehead atoms. The lowest BCUT2D eigenvalue weighted by molar-refractivity contribution is -0.144. The van der Waals surface area contributed by atoms with Crippen LogP contribution in [0, 0.1) is 6.92 Å². The second-order valence-corrected chi connectivity index (χ2v) is 9.96. The van der Waals surface area contributed by atoms with Crippen molar-refractivity contribution in [1.82, 2.24) is 9.78 Å². The molecule has 1 amide bonds. The number of carboxylic acid groups (broad SMARTS) is 1. The number of anilines is 2. The number of carbonyl (C=O) groups excluding carboxylic acids is 1. The van der Waals surface area contributed by atoms with E-state index in [0.29, 0.717) is 6.20 Å². The molecule has 2 aromatic rings. The van der Waals surface area contributed by atoms with E-state index >= 15 is 0 Å². The molecular weight excluding hydrogens is 466 g/mol. The summed E-state index contributed by atoms with van der Waals surface area (Å²) in [7, 11) is -4.53. The number of sulfonamides is 1. The fourth-order valence-electron chi connectivity index (χ4n) is 3.04. The molecule has 0 aliphatic carbocycles. The van der Waals surface area contributed by atoms with E-state index in [9.17, 15) is 31.9 Å². The molecule has 14 heteroatoms. The average Bonchev–Trinajstić information content (AvgIpc) is 3.08. The third kappa shape index (κ3) is 5.16. The predicted octanol–water partition coefficient (Wildman–Crippen LogP) is 2.97. The Bertz CT molecular complexity index is 1190. The predicted molar refractivity (Wildman–Crippen MR) is 111 cm³/mol. The standard InChI is InChI=1S/C19H22F2N4O7S/c1-10-15(9-24(23-10)17(20)21)33(29,30)25-8-14(16(26)27)31-13-6-5-11(7-12(13)25)22-18(28)32-19(2,3)4/h5-7,9,14,17H,8H2,1-4H3,(H,22,28)(H,26,27). The largest absolute Gasteiger partial charge is 0.478 e. The van der Waals surface area contributed by atoms with Gasteiger partial charge in [0.2, 0.25) is 6.10 Å². The molecule has 1 unspecified atom stereocenters. The van der Waals surface area contributed by atoms with Gasteiger partial charge in [0.05, 0.1) is 24.1 Å². The van der Waals surface area contributed by atoms with Gasteiger partial charge in [-0.15, -0.1) is 0 Å². The van der Waals surface area contributed by atoms with Crippen molar-refractivity contribution in [2.24, 2.45) is 0 Å². The van der Waals surface area contributed by atoms with Gasteiger partial charge in [-0.25, -0.2) is 22.7 Å². The van der Waals surface area contributed by atoms with Gasteiger partial charge < -0.3 is 14.6 Å².